The van der Waals surface area contributed by atoms with Crippen LogP contribution in [0.15, 0.2) is 36.4 Å². The molecule has 1 heterocycles. The minimum absolute atomic E-state index is 0.183. The van der Waals surface area contributed by atoms with Gasteiger partial charge in [-0.1, -0.05) is 6.07 Å². The van der Waals surface area contributed by atoms with Gasteiger partial charge in [0.15, 0.2) is 11.5 Å². The summed E-state index contributed by atoms with van der Waals surface area (Å²) in [6.07, 6.45) is -2.95. The highest BCUT2D eigenvalue weighted by atomic mass is 19.4. The summed E-state index contributed by atoms with van der Waals surface area (Å²) in [5, 5.41) is 11.3. The van der Waals surface area contributed by atoms with Gasteiger partial charge in [-0.25, -0.2) is 0 Å². The Hall–Kier alpha value is -2.85. The lowest BCUT2D eigenvalue weighted by Crippen LogP contribution is -2.36. The number of halogens is 3. The fourth-order valence-electron chi connectivity index (χ4n) is 3.32. The van der Waals surface area contributed by atoms with Crippen molar-refractivity contribution >= 4 is 5.69 Å². The molecule has 2 aromatic carbocycles. The predicted octanol–water partition coefficient (Wildman–Crippen LogP) is 4.68. The third kappa shape index (κ3) is 6.08. The molecule has 3 rings (SSSR count). The van der Waals surface area contributed by atoms with Gasteiger partial charge in [0.25, 0.3) is 0 Å². The van der Waals surface area contributed by atoms with E-state index in [1.807, 2.05) is 6.07 Å². The van der Waals surface area contributed by atoms with E-state index in [2.05, 4.69) is 4.90 Å². The van der Waals surface area contributed by atoms with Crippen LogP contribution in [0.4, 0.5) is 18.9 Å². The SMILES string of the molecule is COc1cc(CCCN2CCOCC2)ccc1Oc1ccc(C(F)(F)F)cc1[N+](=O)[O-]. The van der Waals surface area contributed by atoms with Crippen LogP contribution in [0.25, 0.3) is 0 Å². The molecule has 1 saturated heterocycles. The Morgan fingerprint density at radius 2 is 1.81 bits per heavy atom. The van der Waals surface area contributed by atoms with Crippen LogP contribution in [-0.2, 0) is 17.3 Å². The predicted molar refractivity (Wildman–Crippen MR) is 107 cm³/mol. The van der Waals surface area contributed by atoms with E-state index in [1.54, 1.807) is 12.1 Å². The van der Waals surface area contributed by atoms with Crippen LogP contribution in [0.5, 0.6) is 17.2 Å². The maximum Gasteiger partial charge on any atom is 0.416 e. The molecular formula is C21H23F3N2O5. The molecule has 1 aliphatic rings. The molecule has 0 saturated carbocycles. The van der Waals surface area contributed by atoms with Gasteiger partial charge in [-0.15, -0.1) is 0 Å². The number of nitro benzene ring substituents is 1. The van der Waals surface area contributed by atoms with Crippen molar-refractivity contribution in [3.05, 3.63) is 57.6 Å². The van der Waals surface area contributed by atoms with E-state index in [9.17, 15) is 23.3 Å². The molecule has 0 aliphatic carbocycles. The lowest BCUT2D eigenvalue weighted by molar-refractivity contribution is -0.385. The average Bonchev–Trinajstić information content (AvgIpc) is 2.74. The van der Waals surface area contributed by atoms with E-state index in [-0.39, 0.29) is 11.5 Å². The Morgan fingerprint density at radius 1 is 1.10 bits per heavy atom. The number of hydrogen-bond acceptors (Lipinski definition) is 6. The summed E-state index contributed by atoms with van der Waals surface area (Å²) in [6, 6.07) is 7.33. The third-order valence-electron chi connectivity index (χ3n) is 4.97. The Morgan fingerprint density at radius 3 is 2.45 bits per heavy atom. The lowest BCUT2D eigenvalue weighted by atomic mass is 10.1. The number of rotatable bonds is 8. The first-order chi connectivity index (χ1) is 14.8. The third-order valence-corrected chi connectivity index (χ3v) is 4.97. The molecule has 7 nitrogen and oxygen atoms in total. The number of alkyl halides is 3. The van der Waals surface area contributed by atoms with Crippen molar-refractivity contribution in [2.75, 3.05) is 40.0 Å². The average molecular weight is 440 g/mol. The zero-order valence-corrected chi connectivity index (χ0v) is 17.0. The van der Waals surface area contributed by atoms with Crippen molar-refractivity contribution in [2.24, 2.45) is 0 Å². The number of nitro groups is 1. The molecule has 2 aromatic rings. The van der Waals surface area contributed by atoms with Crippen molar-refractivity contribution in [2.45, 2.75) is 19.0 Å². The van der Waals surface area contributed by atoms with Crippen molar-refractivity contribution in [3.63, 3.8) is 0 Å². The van der Waals surface area contributed by atoms with Crippen LogP contribution in [0.1, 0.15) is 17.5 Å². The second kappa shape index (κ2) is 9.97. The molecule has 168 valence electrons. The number of methoxy groups -OCH3 is 1. The minimum atomic E-state index is -4.69. The maximum absolute atomic E-state index is 12.9. The fraction of sp³-hybridized carbons (Fsp3) is 0.429. The van der Waals surface area contributed by atoms with Crippen LogP contribution in [0, 0.1) is 10.1 Å². The number of benzene rings is 2. The second-order valence-electron chi connectivity index (χ2n) is 7.08. The zero-order valence-electron chi connectivity index (χ0n) is 17.0. The highest BCUT2D eigenvalue weighted by molar-refractivity contribution is 5.53. The summed E-state index contributed by atoms with van der Waals surface area (Å²) in [7, 11) is 1.43. The monoisotopic (exact) mass is 440 g/mol. The first-order valence-corrected chi connectivity index (χ1v) is 9.78. The van der Waals surface area contributed by atoms with Gasteiger partial charge in [0.1, 0.15) is 0 Å². The summed E-state index contributed by atoms with van der Waals surface area (Å²) in [6.45, 7) is 4.28. The summed E-state index contributed by atoms with van der Waals surface area (Å²) in [5.41, 5.74) is -0.889. The van der Waals surface area contributed by atoms with Crippen LogP contribution in [0.2, 0.25) is 0 Å². The maximum atomic E-state index is 12.9. The van der Waals surface area contributed by atoms with Gasteiger partial charge in [0, 0.05) is 19.2 Å². The summed E-state index contributed by atoms with van der Waals surface area (Å²) in [4.78, 5) is 12.7. The quantitative estimate of drug-likeness (QED) is 0.438. The smallest absolute Gasteiger partial charge is 0.416 e. The van der Waals surface area contributed by atoms with Crippen molar-refractivity contribution < 1.29 is 32.3 Å². The molecule has 0 atom stereocenters. The molecule has 0 spiro atoms. The summed E-state index contributed by atoms with van der Waals surface area (Å²) >= 11 is 0. The van der Waals surface area contributed by atoms with Crippen molar-refractivity contribution in [3.8, 4) is 17.2 Å². The van der Waals surface area contributed by atoms with Crippen LogP contribution in [-0.4, -0.2) is 49.8 Å². The Bertz CT molecular complexity index is 914. The first-order valence-electron chi connectivity index (χ1n) is 9.78. The molecule has 1 fully saturated rings. The van der Waals surface area contributed by atoms with Crippen molar-refractivity contribution in [1.29, 1.82) is 0 Å². The molecule has 0 bridgehead atoms. The number of ether oxygens (including phenoxy) is 3. The first kappa shape index (κ1) is 22.8. The highest BCUT2D eigenvalue weighted by Crippen LogP contribution is 2.40. The van der Waals surface area contributed by atoms with E-state index in [0.29, 0.717) is 11.8 Å². The Balaban J connectivity index is 1.72. The highest BCUT2D eigenvalue weighted by Gasteiger charge is 2.33. The minimum Gasteiger partial charge on any atom is -0.493 e. The molecule has 31 heavy (non-hydrogen) atoms. The number of hydrogen-bond donors (Lipinski definition) is 0. The molecule has 10 heteroatoms. The summed E-state index contributed by atoms with van der Waals surface area (Å²) in [5.74, 6) is 0.233. The van der Waals surface area contributed by atoms with E-state index >= 15 is 0 Å². The molecular weight excluding hydrogens is 417 g/mol. The topological polar surface area (TPSA) is 74.1 Å². The van der Waals surface area contributed by atoms with Crippen LogP contribution < -0.4 is 9.47 Å². The largest absolute Gasteiger partial charge is 0.493 e. The number of aryl methyl sites for hydroxylation is 1. The van der Waals surface area contributed by atoms with Crippen LogP contribution in [0.3, 0.4) is 0 Å². The van der Waals surface area contributed by atoms with E-state index in [1.165, 1.54) is 7.11 Å². The van der Waals surface area contributed by atoms with Gasteiger partial charge >= 0.3 is 11.9 Å². The van der Waals surface area contributed by atoms with Gasteiger partial charge in [-0.3, -0.25) is 15.0 Å². The standard InChI is InChI=1S/C21H23F3N2O5/c1-29-20-13-15(3-2-8-25-9-11-30-12-10-25)4-6-19(20)31-18-7-5-16(21(22,23)24)14-17(18)26(27)28/h4-7,13-14H,2-3,8-12H2,1H3. The van der Waals surface area contributed by atoms with Gasteiger partial charge < -0.3 is 14.2 Å². The molecule has 0 aromatic heterocycles. The number of nitrogens with zero attached hydrogens (tertiary/aromatic N) is 2. The van der Waals surface area contributed by atoms with E-state index in [0.717, 1.165) is 63.4 Å². The normalized spacial score (nSPS) is 15.0. The molecule has 0 N–H and O–H groups in total. The molecule has 0 radical (unpaired) electrons. The molecule has 1 aliphatic heterocycles. The van der Waals surface area contributed by atoms with Crippen LogP contribution >= 0.6 is 0 Å². The van der Waals surface area contributed by atoms with Gasteiger partial charge in [-0.05, 0) is 49.2 Å². The second-order valence-corrected chi connectivity index (χ2v) is 7.08. The summed E-state index contributed by atoms with van der Waals surface area (Å²) < 4.78 is 54.9. The fourth-order valence-corrected chi connectivity index (χ4v) is 3.32. The van der Waals surface area contributed by atoms with E-state index in [4.69, 9.17) is 14.2 Å². The molecule has 0 amide bonds. The van der Waals surface area contributed by atoms with E-state index < -0.39 is 22.4 Å². The van der Waals surface area contributed by atoms with Gasteiger partial charge in [-0.2, -0.15) is 13.2 Å². The lowest BCUT2D eigenvalue weighted by Gasteiger charge is -2.26. The molecule has 0 unspecified atom stereocenters. The number of morpholine rings is 1. The van der Waals surface area contributed by atoms with Gasteiger partial charge in [0.2, 0.25) is 5.75 Å². The Labute approximate surface area is 177 Å². The van der Waals surface area contributed by atoms with Gasteiger partial charge in [0.05, 0.1) is 30.8 Å². The zero-order chi connectivity index (χ0) is 22.4. The Kier molecular flexibility index (Phi) is 7.34. The van der Waals surface area contributed by atoms with Crippen molar-refractivity contribution in [1.82, 2.24) is 4.90 Å².